The maximum atomic E-state index is 11.9. The molecule has 0 N–H and O–H groups in total. The van der Waals surface area contributed by atoms with E-state index in [4.69, 9.17) is 10.00 Å². The molecule has 0 radical (unpaired) electrons. The van der Waals surface area contributed by atoms with Gasteiger partial charge < -0.3 is 9.30 Å². The van der Waals surface area contributed by atoms with Crippen LogP contribution in [-0.2, 0) is 6.54 Å². The fourth-order valence-corrected chi connectivity index (χ4v) is 2.02. The Morgan fingerprint density at radius 2 is 1.91 bits per heavy atom. The molecule has 2 aromatic rings. The minimum Gasteiger partial charge on any atom is -0.494 e. The second-order valence-electron chi connectivity index (χ2n) is 4.74. The quantitative estimate of drug-likeness (QED) is 0.821. The lowest BCUT2D eigenvalue weighted by molar-refractivity contribution is 0.340. The molecule has 1 aromatic heterocycles. The molecular formula is C18H18N2O2. The van der Waals surface area contributed by atoms with E-state index in [0.29, 0.717) is 19.6 Å². The van der Waals surface area contributed by atoms with E-state index < -0.39 is 0 Å². The summed E-state index contributed by atoms with van der Waals surface area (Å²) in [5.74, 6) is 0.847. The lowest BCUT2D eigenvalue weighted by Gasteiger charge is -2.03. The first-order valence-corrected chi connectivity index (χ1v) is 7.21. The van der Waals surface area contributed by atoms with E-state index in [0.717, 1.165) is 16.9 Å². The van der Waals surface area contributed by atoms with Crippen LogP contribution in [-0.4, -0.2) is 11.2 Å². The van der Waals surface area contributed by atoms with Gasteiger partial charge in [-0.1, -0.05) is 24.3 Å². The van der Waals surface area contributed by atoms with Gasteiger partial charge in [-0.05, 0) is 36.2 Å². The fraction of sp³-hybridized carbons (Fsp3) is 0.222. The van der Waals surface area contributed by atoms with Crippen LogP contribution >= 0.6 is 0 Å². The Balaban J connectivity index is 2.08. The summed E-state index contributed by atoms with van der Waals surface area (Å²) in [6, 6.07) is 13.2. The monoisotopic (exact) mass is 294 g/mol. The predicted molar refractivity (Wildman–Crippen MR) is 87.5 cm³/mol. The molecule has 1 aromatic carbocycles. The zero-order valence-electron chi connectivity index (χ0n) is 12.5. The Bertz CT molecular complexity index is 737. The van der Waals surface area contributed by atoms with Gasteiger partial charge in [0, 0.05) is 18.8 Å². The van der Waals surface area contributed by atoms with E-state index in [1.807, 2.05) is 55.5 Å². The van der Waals surface area contributed by atoms with Crippen LogP contribution in [0.1, 0.15) is 24.5 Å². The Kier molecular flexibility index (Phi) is 5.56. The molecule has 0 aliphatic carbocycles. The van der Waals surface area contributed by atoms with Crippen molar-refractivity contribution in [1.29, 1.82) is 5.26 Å². The smallest absolute Gasteiger partial charge is 0.251 e. The Morgan fingerprint density at radius 3 is 2.55 bits per heavy atom. The second-order valence-corrected chi connectivity index (χ2v) is 4.74. The molecule has 1 heterocycles. The molecule has 0 spiro atoms. The Morgan fingerprint density at radius 1 is 1.18 bits per heavy atom. The minimum absolute atomic E-state index is 0.0934. The summed E-state index contributed by atoms with van der Waals surface area (Å²) in [6.07, 6.45) is 5.90. The van der Waals surface area contributed by atoms with Crippen LogP contribution in [0.25, 0.3) is 12.2 Å². The molecular weight excluding hydrogens is 276 g/mol. The van der Waals surface area contributed by atoms with Crippen LogP contribution in [0.15, 0.2) is 47.4 Å². The lowest BCUT2D eigenvalue weighted by atomic mass is 10.1. The van der Waals surface area contributed by atoms with Crippen molar-refractivity contribution in [3.63, 3.8) is 0 Å². The van der Waals surface area contributed by atoms with Gasteiger partial charge in [-0.25, -0.2) is 0 Å². The highest BCUT2D eigenvalue weighted by molar-refractivity contribution is 5.69. The van der Waals surface area contributed by atoms with Gasteiger partial charge >= 0.3 is 0 Å². The third-order valence-electron chi connectivity index (χ3n) is 3.14. The van der Waals surface area contributed by atoms with Crippen LogP contribution < -0.4 is 10.3 Å². The topological polar surface area (TPSA) is 55.0 Å². The largest absolute Gasteiger partial charge is 0.494 e. The van der Waals surface area contributed by atoms with Crippen LogP contribution in [0, 0.1) is 11.3 Å². The third-order valence-corrected chi connectivity index (χ3v) is 3.14. The van der Waals surface area contributed by atoms with Crippen LogP contribution in [0.4, 0.5) is 0 Å². The Hall–Kier alpha value is -2.80. The number of rotatable bonds is 6. The summed E-state index contributed by atoms with van der Waals surface area (Å²) in [6.45, 7) is 3.03. The number of hydrogen-bond donors (Lipinski definition) is 0. The molecule has 2 rings (SSSR count). The van der Waals surface area contributed by atoms with E-state index in [9.17, 15) is 4.79 Å². The molecule has 0 aliphatic rings. The zero-order chi connectivity index (χ0) is 15.8. The number of ether oxygens (including phenoxy) is 1. The standard InChI is InChI=1S/C18H18N2O2/c1-2-22-17-8-6-15(7-9-17)4-5-16-10-13-20(12-3-11-19)18(21)14-16/h4-10,13-14H,2-3,12H2,1H3/b5-4+. The van der Waals surface area contributed by atoms with Crippen molar-refractivity contribution in [2.45, 2.75) is 19.9 Å². The number of pyridine rings is 1. The lowest BCUT2D eigenvalue weighted by Crippen LogP contribution is -2.18. The molecule has 0 saturated carbocycles. The van der Waals surface area contributed by atoms with Gasteiger partial charge in [0.05, 0.1) is 19.1 Å². The van der Waals surface area contributed by atoms with E-state index in [2.05, 4.69) is 0 Å². The minimum atomic E-state index is -0.0934. The SMILES string of the molecule is CCOc1ccc(/C=C/c2ccn(CCC#N)c(=O)c2)cc1. The molecule has 22 heavy (non-hydrogen) atoms. The van der Waals surface area contributed by atoms with Crippen molar-refractivity contribution >= 4 is 12.2 Å². The molecule has 112 valence electrons. The maximum Gasteiger partial charge on any atom is 0.251 e. The normalized spacial score (nSPS) is 10.5. The van der Waals surface area contributed by atoms with Crippen molar-refractivity contribution in [3.05, 3.63) is 64.1 Å². The molecule has 0 amide bonds. The summed E-state index contributed by atoms with van der Waals surface area (Å²) in [5, 5.41) is 8.55. The van der Waals surface area contributed by atoms with Crippen LogP contribution in [0.5, 0.6) is 5.75 Å². The first kappa shape index (κ1) is 15.6. The van der Waals surface area contributed by atoms with E-state index >= 15 is 0 Å². The summed E-state index contributed by atoms with van der Waals surface area (Å²) in [4.78, 5) is 11.9. The molecule has 0 aliphatic heterocycles. The summed E-state index contributed by atoms with van der Waals surface area (Å²) >= 11 is 0. The fourth-order valence-electron chi connectivity index (χ4n) is 2.02. The summed E-state index contributed by atoms with van der Waals surface area (Å²) in [5.41, 5.74) is 1.79. The molecule has 0 bridgehead atoms. The first-order chi connectivity index (χ1) is 10.7. The summed E-state index contributed by atoms with van der Waals surface area (Å²) < 4.78 is 6.93. The van der Waals surface area contributed by atoms with Crippen molar-refractivity contribution in [2.75, 3.05) is 6.61 Å². The molecule has 0 unspecified atom stereocenters. The highest BCUT2D eigenvalue weighted by Gasteiger charge is 1.97. The van der Waals surface area contributed by atoms with Gasteiger partial charge in [0.2, 0.25) is 0 Å². The van der Waals surface area contributed by atoms with Crippen molar-refractivity contribution in [3.8, 4) is 11.8 Å². The molecule has 4 heteroatoms. The molecule has 0 saturated heterocycles. The molecule has 4 nitrogen and oxygen atoms in total. The average Bonchev–Trinajstić information content (AvgIpc) is 2.54. The van der Waals surface area contributed by atoms with Gasteiger partial charge in [0.25, 0.3) is 5.56 Å². The van der Waals surface area contributed by atoms with Gasteiger partial charge in [-0.3, -0.25) is 4.79 Å². The number of nitriles is 1. The van der Waals surface area contributed by atoms with Crippen LogP contribution in [0.2, 0.25) is 0 Å². The number of aryl methyl sites for hydroxylation is 1. The predicted octanol–water partition coefficient (Wildman–Crippen LogP) is 3.33. The van der Waals surface area contributed by atoms with Gasteiger partial charge in [-0.2, -0.15) is 5.26 Å². The van der Waals surface area contributed by atoms with Gasteiger partial charge in [0.15, 0.2) is 0 Å². The number of aromatic nitrogens is 1. The Labute approximate surface area is 129 Å². The highest BCUT2D eigenvalue weighted by atomic mass is 16.5. The van der Waals surface area contributed by atoms with Crippen molar-refractivity contribution in [1.82, 2.24) is 4.57 Å². The van der Waals surface area contributed by atoms with Crippen molar-refractivity contribution < 1.29 is 4.74 Å². The van der Waals surface area contributed by atoms with Gasteiger partial charge in [-0.15, -0.1) is 0 Å². The summed E-state index contributed by atoms with van der Waals surface area (Å²) in [7, 11) is 0. The number of hydrogen-bond acceptors (Lipinski definition) is 3. The second kappa shape index (κ2) is 7.84. The van der Waals surface area contributed by atoms with E-state index in [1.165, 1.54) is 4.57 Å². The van der Waals surface area contributed by atoms with Gasteiger partial charge in [0.1, 0.15) is 5.75 Å². The first-order valence-electron chi connectivity index (χ1n) is 7.21. The number of nitrogens with zero attached hydrogens (tertiary/aromatic N) is 2. The highest BCUT2D eigenvalue weighted by Crippen LogP contribution is 2.14. The third kappa shape index (κ3) is 4.35. The maximum absolute atomic E-state index is 11.9. The van der Waals surface area contributed by atoms with E-state index in [1.54, 1.807) is 12.3 Å². The zero-order valence-corrected chi connectivity index (χ0v) is 12.5. The van der Waals surface area contributed by atoms with Crippen LogP contribution in [0.3, 0.4) is 0 Å². The average molecular weight is 294 g/mol. The number of benzene rings is 1. The molecule has 0 fully saturated rings. The molecule has 0 atom stereocenters. The van der Waals surface area contributed by atoms with E-state index in [-0.39, 0.29) is 5.56 Å². The van der Waals surface area contributed by atoms with Crippen molar-refractivity contribution in [2.24, 2.45) is 0 Å².